The lowest BCUT2D eigenvalue weighted by Gasteiger charge is -2.31. The average Bonchev–Trinajstić information content (AvgIpc) is 2.88. The minimum Gasteiger partial charge on any atom is -0.317 e. The number of likely N-dealkylation sites (tertiary alicyclic amines) is 1. The summed E-state index contributed by atoms with van der Waals surface area (Å²) in [7, 11) is 0. The number of piperidine rings is 1. The van der Waals surface area contributed by atoms with Crippen LogP contribution in [0.25, 0.3) is 0 Å². The van der Waals surface area contributed by atoms with Gasteiger partial charge in [-0.1, -0.05) is 29.8 Å². The summed E-state index contributed by atoms with van der Waals surface area (Å²) in [5, 5.41) is 4.39. The Balaban J connectivity index is 0.00000147. The van der Waals surface area contributed by atoms with Crippen LogP contribution in [0.1, 0.15) is 37.3 Å². The van der Waals surface area contributed by atoms with Crippen LogP contribution in [0.2, 0.25) is 5.02 Å². The molecule has 2 aliphatic rings. The first kappa shape index (κ1) is 16.1. The van der Waals surface area contributed by atoms with Crippen molar-refractivity contribution in [3.63, 3.8) is 0 Å². The zero-order chi connectivity index (χ0) is 13.1. The van der Waals surface area contributed by atoms with Crippen LogP contribution in [0.4, 0.5) is 0 Å². The Bertz CT molecular complexity index is 419. The van der Waals surface area contributed by atoms with Crippen molar-refractivity contribution in [2.24, 2.45) is 5.92 Å². The first-order valence-electron chi connectivity index (χ1n) is 7.54. The summed E-state index contributed by atoms with van der Waals surface area (Å²) in [6.07, 6.45) is 5.22. The van der Waals surface area contributed by atoms with Crippen molar-refractivity contribution in [1.82, 2.24) is 10.2 Å². The molecule has 3 rings (SSSR count). The van der Waals surface area contributed by atoms with Gasteiger partial charge in [-0.2, -0.15) is 0 Å². The van der Waals surface area contributed by atoms with E-state index in [1.165, 1.54) is 57.4 Å². The molecule has 20 heavy (non-hydrogen) atoms. The van der Waals surface area contributed by atoms with Crippen LogP contribution in [-0.2, 0) is 0 Å². The van der Waals surface area contributed by atoms with E-state index >= 15 is 0 Å². The van der Waals surface area contributed by atoms with Gasteiger partial charge in [0.2, 0.25) is 0 Å². The molecule has 0 saturated carbocycles. The SMILES string of the molecule is Cl.Clc1ccccc1C1CCCN1CC1CCNCC1. The van der Waals surface area contributed by atoms with E-state index in [0.29, 0.717) is 6.04 Å². The lowest BCUT2D eigenvalue weighted by molar-refractivity contribution is 0.193. The van der Waals surface area contributed by atoms with Crippen molar-refractivity contribution in [2.45, 2.75) is 31.7 Å². The standard InChI is InChI=1S/C16H23ClN2.ClH/c17-15-5-2-1-4-14(15)16-6-3-11-19(16)12-13-7-9-18-10-8-13;/h1-2,4-5,13,16,18H,3,6-12H2;1H. The molecule has 1 aromatic carbocycles. The third-order valence-electron chi connectivity index (χ3n) is 4.58. The fraction of sp³-hybridized carbons (Fsp3) is 0.625. The van der Waals surface area contributed by atoms with Gasteiger partial charge in [0, 0.05) is 17.6 Å². The topological polar surface area (TPSA) is 15.3 Å². The third kappa shape index (κ3) is 3.67. The van der Waals surface area contributed by atoms with Gasteiger partial charge < -0.3 is 5.32 Å². The largest absolute Gasteiger partial charge is 0.317 e. The molecular formula is C16H24Cl2N2. The van der Waals surface area contributed by atoms with Crippen molar-refractivity contribution >= 4 is 24.0 Å². The maximum Gasteiger partial charge on any atom is 0.0453 e. The van der Waals surface area contributed by atoms with Crippen LogP contribution in [0.5, 0.6) is 0 Å². The second kappa shape index (κ2) is 7.65. The van der Waals surface area contributed by atoms with Crippen LogP contribution in [0.3, 0.4) is 0 Å². The van der Waals surface area contributed by atoms with Crippen LogP contribution < -0.4 is 5.32 Å². The molecule has 4 heteroatoms. The highest BCUT2D eigenvalue weighted by Crippen LogP contribution is 2.36. The molecule has 0 aromatic heterocycles. The molecule has 2 heterocycles. The van der Waals surface area contributed by atoms with E-state index in [0.717, 1.165) is 10.9 Å². The molecule has 1 atom stereocenters. The number of rotatable bonds is 3. The first-order valence-corrected chi connectivity index (χ1v) is 7.91. The Labute approximate surface area is 133 Å². The van der Waals surface area contributed by atoms with Crippen LogP contribution in [0.15, 0.2) is 24.3 Å². The van der Waals surface area contributed by atoms with Gasteiger partial charge in [0.1, 0.15) is 0 Å². The van der Waals surface area contributed by atoms with Crippen molar-refractivity contribution in [1.29, 1.82) is 0 Å². The van der Waals surface area contributed by atoms with Gasteiger partial charge in [-0.15, -0.1) is 12.4 Å². The van der Waals surface area contributed by atoms with Crippen LogP contribution in [-0.4, -0.2) is 31.1 Å². The smallest absolute Gasteiger partial charge is 0.0453 e. The molecule has 2 aliphatic heterocycles. The van der Waals surface area contributed by atoms with E-state index in [1.807, 2.05) is 12.1 Å². The quantitative estimate of drug-likeness (QED) is 0.910. The van der Waals surface area contributed by atoms with E-state index in [2.05, 4.69) is 22.3 Å². The molecule has 112 valence electrons. The summed E-state index contributed by atoms with van der Waals surface area (Å²) >= 11 is 6.38. The first-order chi connectivity index (χ1) is 9.34. The maximum absolute atomic E-state index is 6.38. The molecule has 1 N–H and O–H groups in total. The highest BCUT2D eigenvalue weighted by Gasteiger charge is 2.29. The summed E-state index contributed by atoms with van der Waals surface area (Å²) in [6.45, 7) is 4.86. The maximum atomic E-state index is 6.38. The van der Waals surface area contributed by atoms with E-state index in [9.17, 15) is 0 Å². The molecule has 2 nitrogen and oxygen atoms in total. The Hall–Kier alpha value is -0.280. The Morgan fingerprint density at radius 3 is 2.65 bits per heavy atom. The van der Waals surface area contributed by atoms with Crippen molar-refractivity contribution < 1.29 is 0 Å². The van der Waals surface area contributed by atoms with E-state index in [1.54, 1.807) is 0 Å². The number of hydrogen-bond donors (Lipinski definition) is 1. The van der Waals surface area contributed by atoms with Gasteiger partial charge in [0.15, 0.2) is 0 Å². The van der Waals surface area contributed by atoms with E-state index in [-0.39, 0.29) is 12.4 Å². The number of hydrogen-bond acceptors (Lipinski definition) is 2. The predicted molar refractivity (Wildman–Crippen MR) is 87.8 cm³/mol. The molecule has 0 aliphatic carbocycles. The lowest BCUT2D eigenvalue weighted by atomic mass is 9.96. The summed E-state index contributed by atoms with van der Waals surface area (Å²) in [4.78, 5) is 2.66. The lowest BCUT2D eigenvalue weighted by Crippen LogP contribution is -2.36. The molecule has 1 unspecified atom stereocenters. The van der Waals surface area contributed by atoms with Crippen molar-refractivity contribution in [2.75, 3.05) is 26.2 Å². The Kier molecular flexibility index (Phi) is 6.16. The van der Waals surface area contributed by atoms with Crippen molar-refractivity contribution in [3.8, 4) is 0 Å². The molecule has 2 saturated heterocycles. The van der Waals surface area contributed by atoms with Gasteiger partial charge in [-0.3, -0.25) is 4.90 Å². The summed E-state index contributed by atoms with van der Waals surface area (Å²) in [5.41, 5.74) is 1.33. The molecule has 0 radical (unpaired) electrons. The highest BCUT2D eigenvalue weighted by atomic mass is 35.5. The highest BCUT2D eigenvalue weighted by molar-refractivity contribution is 6.31. The van der Waals surface area contributed by atoms with Gasteiger partial charge in [-0.05, 0) is 62.9 Å². The predicted octanol–water partition coefficient (Wildman–Crippen LogP) is 3.90. The molecule has 2 fully saturated rings. The molecular weight excluding hydrogens is 291 g/mol. The second-order valence-corrected chi connectivity index (χ2v) is 6.28. The van der Waals surface area contributed by atoms with Gasteiger partial charge >= 0.3 is 0 Å². The minimum absolute atomic E-state index is 0. The number of halogens is 2. The summed E-state index contributed by atoms with van der Waals surface area (Å²) in [6, 6.07) is 8.91. The van der Waals surface area contributed by atoms with E-state index in [4.69, 9.17) is 11.6 Å². The van der Waals surface area contributed by atoms with Crippen LogP contribution >= 0.6 is 24.0 Å². The van der Waals surface area contributed by atoms with E-state index < -0.39 is 0 Å². The fourth-order valence-corrected chi connectivity index (χ4v) is 3.80. The van der Waals surface area contributed by atoms with Gasteiger partial charge in [0.25, 0.3) is 0 Å². The molecule has 0 amide bonds. The normalized spacial score (nSPS) is 24.6. The second-order valence-electron chi connectivity index (χ2n) is 5.87. The third-order valence-corrected chi connectivity index (χ3v) is 4.92. The summed E-state index contributed by atoms with van der Waals surface area (Å²) in [5.74, 6) is 0.865. The van der Waals surface area contributed by atoms with Gasteiger partial charge in [0.05, 0.1) is 0 Å². The fourth-order valence-electron chi connectivity index (χ4n) is 3.54. The zero-order valence-corrected chi connectivity index (χ0v) is 13.4. The van der Waals surface area contributed by atoms with Gasteiger partial charge in [-0.25, -0.2) is 0 Å². The average molecular weight is 315 g/mol. The Morgan fingerprint density at radius 1 is 1.15 bits per heavy atom. The molecule has 0 spiro atoms. The van der Waals surface area contributed by atoms with Crippen LogP contribution in [0, 0.1) is 5.92 Å². The Morgan fingerprint density at radius 2 is 1.90 bits per heavy atom. The summed E-state index contributed by atoms with van der Waals surface area (Å²) < 4.78 is 0. The number of nitrogens with one attached hydrogen (secondary N) is 1. The number of benzene rings is 1. The zero-order valence-electron chi connectivity index (χ0n) is 11.9. The molecule has 1 aromatic rings. The monoisotopic (exact) mass is 314 g/mol. The van der Waals surface area contributed by atoms with Crippen molar-refractivity contribution in [3.05, 3.63) is 34.9 Å². The number of nitrogens with zero attached hydrogens (tertiary/aromatic N) is 1. The molecule has 0 bridgehead atoms. The minimum atomic E-state index is 0.